The van der Waals surface area contributed by atoms with E-state index in [4.69, 9.17) is 0 Å². The molecule has 0 amide bonds. The van der Waals surface area contributed by atoms with E-state index in [0.29, 0.717) is 0 Å². The van der Waals surface area contributed by atoms with Crippen LogP contribution in [0.25, 0.3) is 0 Å². The monoisotopic (exact) mass is 164 g/mol. The molecule has 0 aromatic carbocycles. The Hall–Kier alpha value is -0.720. The molecule has 0 spiro atoms. The van der Waals surface area contributed by atoms with Crippen molar-refractivity contribution < 1.29 is 0 Å². The average Bonchev–Trinajstić information content (AvgIpc) is 1.72. The fraction of sp³-hybridized carbons (Fsp3) is 0. The van der Waals surface area contributed by atoms with Crippen molar-refractivity contribution in [1.82, 2.24) is 31.3 Å². The van der Waals surface area contributed by atoms with Crippen LogP contribution in [-0.4, -0.2) is 31.3 Å². The molecule has 0 unspecified atom stereocenters. The Kier molecular flexibility index (Phi) is 3.11. The second kappa shape index (κ2) is 3.47. The van der Waals surface area contributed by atoms with Gasteiger partial charge in [-0.05, 0) is 0 Å². The SMILES string of the molecule is Br.n1nnnnn1. The van der Waals surface area contributed by atoms with E-state index < -0.39 is 0 Å². The summed E-state index contributed by atoms with van der Waals surface area (Å²) in [5, 5.41) is 18.0. The molecule has 0 aliphatic rings. The summed E-state index contributed by atoms with van der Waals surface area (Å²) in [6.45, 7) is 0. The first kappa shape index (κ1) is 6.28. The van der Waals surface area contributed by atoms with Gasteiger partial charge in [0.2, 0.25) is 0 Å². The molecular weight excluding hydrogens is 164 g/mol. The van der Waals surface area contributed by atoms with Crippen molar-refractivity contribution in [2.24, 2.45) is 0 Å². The fourth-order valence-electron chi connectivity index (χ4n) is 0.107. The summed E-state index contributed by atoms with van der Waals surface area (Å²) in [5.74, 6) is 0. The second-order valence-corrected chi connectivity index (χ2v) is 0.537. The molecule has 38 valence electrons. The topological polar surface area (TPSA) is 77.3 Å². The number of rotatable bonds is 0. The second-order valence-electron chi connectivity index (χ2n) is 0.537. The summed E-state index contributed by atoms with van der Waals surface area (Å²) in [5.41, 5.74) is 0. The first-order valence-electron chi connectivity index (χ1n) is 1.20. The number of hydrogen-bond acceptors (Lipinski definition) is 6. The zero-order valence-electron chi connectivity index (χ0n) is 3.09. The molecule has 0 fully saturated rings. The van der Waals surface area contributed by atoms with Crippen LogP contribution in [-0.2, 0) is 0 Å². The highest BCUT2D eigenvalue weighted by Gasteiger charge is 1.64. The van der Waals surface area contributed by atoms with Crippen molar-refractivity contribution in [3.63, 3.8) is 0 Å². The Morgan fingerprint density at radius 2 is 0.571 bits per heavy atom. The van der Waals surface area contributed by atoms with Gasteiger partial charge in [0, 0.05) is 31.3 Å². The van der Waals surface area contributed by atoms with E-state index in [1.54, 1.807) is 0 Å². The number of nitrogens with zero attached hydrogens (tertiary/aromatic N) is 6. The van der Waals surface area contributed by atoms with Crippen molar-refractivity contribution in [2.75, 3.05) is 0 Å². The molecule has 1 aromatic heterocycles. The van der Waals surface area contributed by atoms with Gasteiger partial charge in [0.05, 0.1) is 0 Å². The molecule has 7 heteroatoms. The van der Waals surface area contributed by atoms with Crippen LogP contribution in [0.4, 0.5) is 0 Å². The molecule has 0 N–H and O–H groups in total. The largest absolute Gasteiger partial charge is 0.114 e. The molecule has 1 rings (SSSR count). The first-order chi connectivity index (χ1) is 3.00. The van der Waals surface area contributed by atoms with E-state index in [9.17, 15) is 0 Å². The lowest BCUT2D eigenvalue weighted by Gasteiger charge is -1.63. The highest BCUT2D eigenvalue weighted by atomic mass is 79.9. The average molecular weight is 165 g/mol. The van der Waals surface area contributed by atoms with Gasteiger partial charge in [-0.3, -0.25) is 0 Å². The van der Waals surface area contributed by atoms with Gasteiger partial charge in [0.1, 0.15) is 0 Å². The van der Waals surface area contributed by atoms with Gasteiger partial charge in [-0.15, -0.1) is 17.0 Å². The highest BCUT2D eigenvalue weighted by Crippen LogP contribution is 1.31. The van der Waals surface area contributed by atoms with Crippen LogP contribution >= 0.6 is 17.0 Å². The van der Waals surface area contributed by atoms with E-state index >= 15 is 0 Å². The van der Waals surface area contributed by atoms with E-state index in [1.807, 2.05) is 0 Å². The maximum Gasteiger partial charge on any atom is 0 e. The third kappa shape index (κ3) is 2.04. The minimum Gasteiger partial charge on any atom is -0.114 e. The number of hydrogen-bond donors (Lipinski definition) is 0. The van der Waals surface area contributed by atoms with Gasteiger partial charge < -0.3 is 0 Å². The zero-order chi connectivity index (χ0) is 4.24. The van der Waals surface area contributed by atoms with Gasteiger partial charge in [0.15, 0.2) is 0 Å². The normalized spacial score (nSPS) is 6.86. The lowest BCUT2D eigenvalue weighted by atomic mass is 12.4. The predicted molar refractivity (Wildman–Crippen MR) is 23.5 cm³/mol. The van der Waals surface area contributed by atoms with Gasteiger partial charge in [0.25, 0.3) is 0 Å². The molecule has 7 heavy (non-hydrogen) atoms. The lowest BCUT2D eigenvalue weighted by molar-refractivity contribution is 0.570. The molecule has 1 aromatic rings. The molecule has 0 saturated heterocycles. The van der Waals surface area contributed by atoms with Crippen LogP contribution in [0.1, 0.15) is 0 Å². The van der Waals surface area contributed by atoms with Gasteiger partial charge in [-0.25, -0.2) is 0 Å². The van der Waals surface area contributed by atoms with E-state index in [0.717, 1.165) is 0 Å². The van der Waals surface area contributed by atoms with Crippen molar-refractivity contribution in [3.05, 3.63) is 0 Å². The van der Waals surface area contributed by atoms with Gasteiger partial charge in [-0.1, -0.05) is 0 Å². The minimum atomic E-state index is 0. The van der Waals surface area contributed by atoms with Crippen LogP contribution in [0, 0.1) is 0 Å². The molecule has 6 nitrogen and oxygen atoms in total. The Morgan fingerprint density at radius 3 is 0.714 bits per heavy atom. The van der Waals surface area contributed by atoms with E-state index in [1.165, 1.54) is 0 Å². The maximum atomic E-state index is 3.00. The predicted octanol–water partition coefficient (Wildman–Crippen LogP) is -1.37. The van der Waals surface area contributed by atoms with Crippen molar-refractivity contribution in [3.8, 4) is 0 Å². The van der Waals surface area contributed by atoms with Gasteiger partial charge >= 0.3 is 0 Å². The van der Waals surface area contributed by atoms with Crippen LogP contribution in [0.15, 0.2) is 0 Å². The first-order valence-corrected chi connectivity index (χ1v) is 1.20. The number of aromatic nitrogens is 6. The summed E-state index contributed by atoms with van der Waals surface area (Å²) >= 11 is 0. The highest BCUT2D eigenvalue weighted by molar-refractivity contribution is 8.93. The molecule has 1 heterocycles. The number of halogens is 1. The van der Waals surface area contributed by atoms with E-state index in [-0.39, 0.29) is 17.0 Å². The molecular formula is HBrN6. The molecule has 0 aliphatic heterocycles. The summed E-state index contributed by atoms with van der Waals surface area (Å²) in [4.78, 5) is 0. The Morgan fingerprint density at radius 1 is 0.429 bits per heavy atom. The van der Waals surface area contributed by atoms with E-state index in [2.05, 4.69) is 31.3 Å². The quantitative estimate of drug-likeness (QED) is 0.472. The summed E-state index contributed by atoms with van der Waals surface area (Å²) < 4.78 is 0. The van der Waals surface area contributed by atoms with Crippen LogP contribution in [0.3, 0.4) is 0 Å². The Labute approximate surface area is 49.1 Å². The lowest BCUT2D eigenvalue weighted by Crippen LogP contribution is -1.96. The molecule has 0 saturated carbocycles. The Bertz CT molecular complexity index is 76.1. The van der Waals surface area contributed by atoms with Crippen molar-refractivity contribution in [2.45, 2.75) is 0 Å². The third-order valence-electron chi connectivity index (χ3n) is 0.240. The molecule has 0 bridgehead atoms. The standard InChI is InChI=1S/BrH.N6/c;1-2-4-6-5-3-1/h1H;. The van der Waals surface area contributed by atoms with Crippen molar-refractivity contribution >= 4 is 17.0 Å². The molecule has 0 radical (unpaired) electrons. The smallest absolute Gasteiger partial charge is 0 e. The molecule has 0 atom stereocenters. The summed E-state index contributed by atoms with van der Waals surface area (Å²) in [7, 11) is 0. The Balaban J connectivity index is 0.000000360. The van der Waals surface area contributed by atoms with Gasteiger partial charge in [-0.2, -0.15) is 0 Å². The van der Waals surface area contributed by atoms with Crippen molar-refractivity contribution in [1.29, 1.82) is 0 Å². The third-order valence-corrected chi connectivity index (χ3v) is 0.240. The maximum absolute atomic E-state index is 3.00. The minimum absolute atomic E-state index is 0. The summed E-state index contributed by atoms with van der Waals surface area (Å²) in [6, 6.07) is 0. The fourth-order valence-corrected chi connectivity index (χ4v) is 0.107. The summed E-state index contributed by atoms with van der Waals surface area (Å²) in [6.07, 6.45) is 0. The van der Waals surface area contributed by atoms with Crippen LogP contribution < -0.4 is 0 Å². The van der Waals surface area contributed by atoms with Crippen LogP contribution in [0.5, 0.6) is 0 Å². The zero-order valence-corrected chi connectivity index (χ0v) is 4.80. The molecule has 0 aliphatic carbocycles. The van der Waals surface area contributed by atoms with Crippen LogP contribution in [0.2, 0.25) is 0 Å².